The number of hydrogen-bond acceptors (Lipinski definition) is 3. The summed E-state index contributed by atoms with van der Waals surface area (Å²) in [4.78, 5) is 13.9. The number of carbonyl (C=O) groups is 1. The standard InChI is InChI=1S/C16H31NO2/c1-3-5-6-7-8-9-10-13-17(15-11-12-15)14-16(18)19-4-2/h15H,3-14H2,1-2H3. The summed E-state index contributed by atoms with van der Waals surface area (Å²) < 4.78 is 5.04. The lowest BCUT2D eigenvalue weighted by atomic mass is 10.1. The van der Waals surface area contributed by atoms with Crippen molar-refractivity contribution < 1.29 is 9.53 Å². The van der Waals surface area contributed by atoms with E-state index in [9.17, 15) is 4.79 Å². The molecular formula is C16H31NO2. The van der Waals surface area contributed by atoms with Gasteiger partial charge in [-0.3, -0.25) is 9.69 Å². The third-order valence-electron chi connectivity index (χ3n) is 3.75. The Bertz CT molecular complexity index is 239. The minimum absolute atomic E-state index is 0.0580. The second-order valence-electron chi connectivity index (χ2n) is 5.63. The number of rotatable bonds is 12. The molecule has 0 bridgehead atoms. The van der Waals surface area contributed by atoms with Crippen molar-refractivity contribution >= 4 is 5.97 Å². The fraction of sp³-hybridized carbons (Fsp3) is 0.938. The third-order valence-corrected chi connectivity index (χ3v) is 3.75. The molecule has 1 aliphatic rings. The highest BCUT2D eigenvalue weighted by Gasteiger charge is 2.29. The van der Waals surface area contributed by atoms with Crippen LogP contribution in [0.4, 0.5) is 0 Å². The van der Waals surface area contributed by atoms with Crippen molar-refractivity contribution in [3.05, 3.63) is 0 Å². The van der Waals surface area contributed by atoms with Crippen LogP contribution >= 0.6 is 0 Å². The lowest BCUT2D eigenvalue weighted by molar-refractivity contribution is -0.144. The van der Waals surface area contributed by atoms with E-state index in [0.717, 1.165) is 6.54 Å². The Kier molecular flexibility index (Phi) is 8.89. The topological polar surface area (TPSA) is 29.5 Å². The van der Waals surface area contributed by atoms with Crippen LogP contribution in [0.25, 0.3) is 0 Å². The molecule has 19 heavy (non-hydrogen) atoms. The average Bonchev–Trinajstić information content (AvgIpc) is 3.21. The van der Waals surface area contributed by atoms with Gasteiger partial charge >= 0.3 is 5.97 Å². The molecule has 1 rings (SSSR count). The zero-order valence-electron chi connectivity index (χ0n) is 12.8. The summed E-state index contributed by atoms with van der Waals surface area (Å²) in [5.41, 5.74) is 0. The molecular weight excluding hydrogens is 238 g/mol. The number of esters is 1. The summed E-state index contributed by atoms with van der Waals surface area (Å²) in [5, 5.41) is 0. The summed E-state index contributed by atoms with van der Waals surface area (Å²) in [6, 6.07) is 0.657. The first-order valence-corrected chi connectivity index (χ1v) is 8.17. The fourth-order valence-electron chi connectivity index (χ4n) is 2.47. The van der Waals surface area contributed by atoms with E-state index in [-0.39, 0.29) is 5.97 Å². The molecule has 3 heteroatoms. The van der Waals surface area contributed by atoms with Crippen LogP contribution < -0.4 is 0 Å². The van der Waals surface area contributed by atoms with Gasteiger partial charge in [-0.2, -0.15) is 0 Å². The zero-order chi connectivity index (χ0) is 13.9. The maximum atomic E-state index is 11.5. The van der Waals surface area contributed by atoms with Gasteiger partial charge < -0.3 is 4.74 Å². The molecule has 0 unspecified atom stereocenters. The third kappa shape index (κ3) is 8.25. The van der Waals surface area contributed by atoms with Gasteiger partial charge in [0.05, 0.1) is 13.2 Å². The SMILES string of the molecule is CCCCCCCCCN(CC(=O)OCC)C1CC1. The lowest BCUT2D eigenvalue weighted by Crippen LogP contribution is -2.33. The Balaban J connectivity index is 2.04. The van der Waals surface area contributed by atoms with Crippen LogP contribution in [0.2, 0.25) is 0 Å². The lowest BCUT2D eigenvalue weighted by Gasteiger charge is -2.20. The molecule has 0 spiro atoms. The van der Waals surface area contributed by atoms with E-state index in [1.54, 1.807) is 0 Å². The maximum absolute atomic E-state index is 11.5. The minimum atomic E-state index is -0.0580. The highest BCUT2D eigenvalue weighted by molar-refractivity contribution is 5.71. The van der Waals surface area contributed by atoms with Crippen molar-refractivity contribution in [1.29, 1.82) is 0 Å². The van der Waals surface area contributed by atoms with Crippen LogP contribution in [-0.2, 0) is 9.53 Å². The first-order chi connectivity index (χ1) is 9.27. The largest absolute Gasteiger partial charge is 0.465 e. The van der Waals surface area contributed by atoms with Crippen molar-refractivity contribution in [2.45, 2.75) is 77.7 Å². The quantitative estimate of drug-likeness (QED) is 0.399. The Labute approximate surface area is 118 Å². The molecule has 0 aromatic carbocycles. The summed E-state index contributed by atoms with van der Waals surface area (Å²) in [6.07, 6.45) is 11.8. The van der Waals surface area contributed by atoms with Crippen LogP contribution in [0.5, 0.6) is 0 Å². The number of hydrogen-bond donors (Lipinski definition) is 0. The van der Waals surface area contributed by atoms with Gasteiger partial charge in [0.2, 0.25) is 0 Å². The van der Waals surface area contributed by atoms with Crippen molar-refractivity contribution in [3.8, 4) is 0 Å². The maximum Gasteiger partial charge on any atom is 0.320 e. The number of nitrogens with zero attached hydrogens (tertiary/aromatic N) is 1. The molecule has 1 aliphatic carbocycles. The molecule has 112 valence electrons. The van der Waals surface area contributed by atoms with E-state index in [0.29, 0.717) is 19.2 Å². The van der Waals surface area contributed by atoms with Gasteiger partial charge in [0.15, 0.2) is 0 Å². The molecule has 0 aromatic heterocycles. The number of ether oxygens (including phenoxy) is 1. The van der Waals surface area contributed by atoms with Crippen LogP contribution in [0.15, 0.2) is 0 Å². The van der Waals surface area contributed by atoms with Gasteiger partial charge in [-0.1, -0.05) is 45.4 Å². The smallest absolute Gasteiger partial charge is 0.320 e. The van der Waals surface area contributed by atoms with Gasteiger partial charge in [-0.05, 0) is 32.7 Å². The molecule has 1 fully saturated rings. The van der Waals surface area contributed by atoms with E-state index >= 15 is 0 Å². The van der Waals surface area contributed by atoms with Crippen LogP contribution in [0.1, 0.15) is 71.6 Å². The van der Waals surface area contributed by atoms with E-state index in [2.05, 4.69) is 11.8 Å². The van der Waals surface area contributed by atoms with E-state index in [1.165, 1.54) is 57.8 Å². The van der Waals surface area contributed by atoms with Gasteiger partial charge in [0, 0.05) is 6.04 Å². The summed E-state index contributed by atoms with van der Waals surface area (Å²) in [7, 11) is 0. The van der Waals surface area contributed by atoms with E-state index in [4.69, 9.17) is 4.74 Å². The second-order valence-corrected chi connectivity index (χ2v) is 5.63. The Hall–Kier alpha value is -0.570. The average molecular weight is 269 g/mol. The molecule has 0 N–H and O–H groups in total. The van der Waals surface area contributed by atoms with Crippen molar-refractivity contribution in [2.75, 3.05) is 19.7 Å². The first-order valence-electron chi connectivity index (χ1n) is 8.17. The summed E-state index contributed by atoms with van der Waals surface area (Å²) in [5.74, 6) is -0.0580. The minimum Gasteiger partial charge on any atom is -0.465 e. The van der Waals surface area contributed by atoms with Crippen molar-refractivity contribution in [2.24, 2.45) is 0 Å². The summed E-state index contributed by atoms with van der Waals surface area (Å²) in [6.45, 7) is 6.18. The molecule has 0 atom stereocenters. The Morgan fingerprint density at radius 1 is 1.05 bits per heavy atom. The van der Waals surface area contributed by atoms with Gasteiger partial charge in [-0.25, -0.2) is 0 Å². The highest BCUT2D eigenvalue weighted by Crippen LogP contribution is 2.27. The molecule has 0 radical (unpaired) electrons. The predicted octanol–water partition coefficient (Wildman–Crippen LogP) is 3.76. The highest BCUT2D eigenvalue weighted by atomic mass is 16.5. The molecule has 0 saturated heterocycles. The molecule has 0 aliphatic heterocycles. The van der Waals surface area contributed by atoms with Crippen LogP contribution in [0.3, 0.4) is 0 Å². The molecule has 0 heterocycles. The number of carbonyl (C=O) groups excluding carboxylic acids is 1. The fourth-order valence-corrected chi connectivity index (χ4v) is 2.47. The van der Waals surface area contributed by atoms with E-state index < -0.39 is 0 Å². The second kappa shape index (κ2) is 10.2. The first kappa shape index (κ1) is 16.5. The van der Waals surface area contributed by atoms with Crippen LogP contribution in [-0.4, -0.2) is 36.6 Å². The zero-order valence-corrected chi connectivity index (χ0v) is 12.8. The van der Waals surface area contributed by atoms with E-state index in [1.807, 2.05) is 6.92 Å². The van der Waals surface area contributed by atoms with Gasteiger partial charge in [0.25, 0.3) is 0 Å². The predicted molar refractivity (Wildman–Crippen MR) is 79.2 cm³/mol. The van der Waals surface area contributed by atoms with Gasteiger partial charge in [-0.15, -0.1) is 0 Å². The van der Waals surface area contributed by atoms with Crippen LogP contribution in [0, 0.1) is 0 Å². The molecule has 1 saturated carbocycles. The van der Waals surface area contributed by atoms with Gasteiger partial charge in [0.1, 0.15) is 0 Å². The normalized spacial score (nSPS) is 14.9. The van der Waals surface area contributed by atoms with Crippen molar-refractivity contribution in [1.82, 2.24) is 4.90 Å². The Morgan fingerprint density at radius 3 is 2.26 bits per heavy atom. The molecule has 3 nitrogen and oxygen atoms in total. The monoisotopic (exact) mass is 269 g/mol. The van der Waals surface area contributed by atoms with Crippen molar-refractivity contribution in [3.63, 3.8) is 0 Å². The number of unbranched alkanes of at least 4 members (excludes halogenated alkanes) is 6. The molecule has 0 aromatic rings. The molecule has 0 amide bonds. The Morgan fingerprint density at radius 2 is 1.68 bits per heavy atom. The summed E-state index contributed by atoms with van der Waals surface area (Å²) >= 11 is 0.